The number of alkyl halides is 3. The zero-order valence-corrected chi connectivity index (χ0v) is 17.1. The highest BCUT2D eigenvalue weighted by Gasteiger charge is 2.61. The summed E-state index contributed by atoms with van der Waals surface area (Å²) in [6, 6.07) is 8.54. The van der Waals surface area contributed by atoms with Gasteiger partial charge in [-0.05, 0) is 41.7 Å². The number of Topliss-reactive ketones (excluding diaryl/α,β-unsaturated/α-hetero) is 1. The maximum atomic E-state index is 14.3. The lowest BCUT2D eigenvalue weighted by Crippen LogP contribution is -2.41. The predicted molar refractivity (Wildman–Crippen MR) is 112 cm³/mol. The maximum Gasteiger partial charge on any atom is 0.425 e. The van der Waals surface area contributed by atoms with Crippen molar-refractivity contribution in [1.82, 2.24) is 9.97 Å². The summed E-state index contributed by atoms with van der Waals surface area (Å²) in [5.41, 5.74) is -2.53. The molecule has 0 fully saturated rings. The first kappa shape index (κ1) is 22.1. The van der Waals surface area contributed by atoms with E-state index in [1.54, 1.807) is 12.1 Å². The highest BCUT2D eigenvalue weighted by molar-refractivity contribution is 6.01. The fraction of sp³-hybridized carbons (Fsp3) is 0.292. The van der Waals surface area contributed by atoms with E-state index in [0.717, 1.165) is 6.07 Å². The lowest BCUT2D eigenvalue weighted by molar-refractivity contribution is -0.246. The minimum absolute atomic E-state index is 0.0159. The van der Waals surface area contributed by atoms with Crippen LogP contribution >= 0.6 is 0 Å². The van der Waals surface area contributed by atoms with E-state index in [1.807, 2.05) is 0 Å². The van der Waals surface area contributed by atoms with Crippen molar-refractivity contribution in [3.63, 3.8) is 0 Å². The summed E-state index contributed by atoms with van der Waals surface area (Å²) in [6.45, 7) is 0.0159. The number of hydrogen-bond acceptors (Lipinski definition) is 5. The summed E-state index contributed by atoms with van der Waals surface area (Å²) in [6.07, 6.45) is 1.04. The highest BCUT2D eigenvalue weighted by atomic mass is 19.4. The summed E-state index contributed by atoms with van der Waals surface area (Å²) in [4.78, 5) is 20.8. The second-order valence-electron chi connectivity index (χ2n) is 7.78. The minimum Gasteiger partial charge on any atom is -0.396 e. The Morgan fingerprint density at radius 3 is 2.38 bits per heavy atom. The summed E-state index contributed by atoms with van der Waals surface area (Å²) < 4.78 is 42.8. The summed E-state index contributed by atoms with van der Waals surface area (Å²) >= 11 is 0. The second kappa shape index (κ2) is 8.44. The molecule has 1 aliphatic carbocycles. The van der Waals surface area contributed by atoms with Crippen molar-refractivity contribution >= 4 is 5.78 Å². The van der Waals surface area contributed by atoms with E-state index in [0.29, 0.717) is 30.4 Å². The van der Waals surface area contributed by atoms with Gasteiger partial charge in [-0.15, -0.1) is 0 Å². The largest absolute Gasteiger partial charge is 0.425 e. The first-order valence-corrected chi connectivity index (χ1v) is 10.3. The monoisotopic (exact) mass is 442 g/mol. The third-order valence-electron chi connectivity index (χ3n) is 5.78. The van der Waals surface area contributed by atoms with Crippen LogP contribution in [0, 0.1) is 0 Å². The van der Waals surface area contributed by atoms with E-state index in [9.17, 15) is 23.1 Å². The molecule has 0 bridgehead atoms. The number of unbranched alkanes of at least 4 members (excludes halogenated alkanes) is 2. The fourth-order valence-corrected chi connectivity index (χ4v) is 4.23. The van der Waals surface area contributed by atoms with Crippen molar-refractivity contribution in [2.75, 3.05) is 6.61 Å². The molecule has 0 aliphatic heterocycles. The number of carbonyl (C=O) groups is 1. The van der Waals surface area contributed by atoms with Gasteiger partial charge in [-0.3, -0.25) is 4.79 Å². The van der Waals surface area contributed by atoms with Gasteiger partial charge in [-0.2, -0.15) is 13.2 Å². The number of carbonyl (C=O) groups excluding carboxylic acids is 1. The van der Waals surface area contributed by atoms with Crippen LogP contribution in [0.5, 0.6) is 0 Å². The van der Waals surface area contributed by atoms with Crippen molar-refractivity contribution in [2.24, 2.45) is 0 Å². The normalized spacial score (nSPS) is 17.2. The summed E-state index contributed by atoms with van der Waals surface area (Å²) in [5.74, 6) is -0.329. The first-order chi connectivity index (χ1) is 15.3. The summed E-state index contributed by atoms with van der Waals surface area (Å²) in [5, 5.41) is 20.0. The minimum atomic E-state index is -5.00. The van der Waals surface area contributed by atoms with E-state index in [1.165, 1.54) is 36.9 Å². The number of aliphatic hydroxyl groups is 2. The van der Waals surface area contributed by atoms with Gasteiger partial charge >= 0.3 is 6.18 Å². The third kappa shape index (κ3) is 3.59. The maximum absolute atomic E-state index is 14.3. The first-order valence-electron chi connectivity index (χ1n) is 10.3. The van der Waals surface area contributed by atoms with Crippen LogP contribution < -0.4 is 0 Å². The van der Waals surface area contributed by atoms with E-state index >= 15 is 0 Å². The van der Waals surface area contributed by atoms with Crippen molar-refractivity contribution in [3.05, 3.63) is 71.8 Å². The quantitative estimate of drug-likeness (QED) is 0.411. The van der Waals surface area contributed by atoms with Crippen LogP contribution in [0.25, 0.3) is 22.3 Å². The van der Waals surface area contributed by atoms with Gasteiger partial charge in [0.1, 0.15) is 6.33 Å². The number of rotatable bonds is 7. The van der Waals surface area contributed by atoms with Gasteiger partial charge in [-0.25, -0.2) is 9.97 Å². The number of benzene rings is 2. The van der Waals surface area contributed by atoms with Gasteiger partial charge < -0.3 is 10.2 Å². The average molecular weight is 442 g/mol. The molecule has 1 aliphatic rings. The molecule has 2 N–H and O–H groups in total. The zero-order chi connectivity index (χ0) is 22.9. The number of aromatic nitrogens is 2. The number of aliphatic hydroxyl groups excluding tert-OH is 1. The molecule has 0 radical (unpaired) electrons. The van der Waals surface area contributed by atoms with E-state index in [2.05, 4.69) is 9.97 Å². The number of fused-ring (bicyclic) bond motifs is 3. The lowest BCUT2D eigenvalue weighted by Gasteiger charge is -2.28. The Hall–Kier alpha value is -3.10. The average Bonchev–Trinajstić information content (AvgIpc) is 3.06. The Morgan fingerprint density at radius 1 is 0.969 bits per heavy atom. The van der Waals surface area contributed by atoms with Crippen molar-refractivity contribution in [3.8, 4) is 22.3 Å². The Morgan fingerprint density at radius 2 is 1.69 bits per heavy atom. The smallest absolute Gasteiger partial charge is 0.396 e. The molecule has 0 saturated carbocycles. The van der Waals surface area contributed by atoms with E-state index in [-0.39, 0.29) is 46.6 Å². The Kier molecular flexibility index (Phi) is 5.83. The van der Waals surface area contributed by atoms with Gasteiger partial charge in [0.15, 0.2) is 5.78 Å². The SMILES string of the molecule is O=C(CCCCCO)c1cc(-c2cncnc2)c2c(c1)C(O)(C(F)(F)F)c1ccccc1-2. The number of hydrogen-bond donors (Lipinski definition) is 2. The fourth-order valence-electron chi connectivity index (χ4n) is 4.23. The molecular formula is C24H21F3N2O3. The Bertz CT molecular complexity index is 1150. The highest BCUT2D eigenvalue weighted by Crippen LogP contribution is 2.57. The van der Waals surface area contributed by atoms with Crippen LogP contribution in [0.15, 0.2) is 55.1 Å². The van der Waals surface area contributed by atoms with Gasteiger partial charge in [0.25, 0.3) is 0 Å². The number of nitrogens with zero attached hydrogens (tertiary/aromatic N) is 2. The molecule has 1 atom stereocenters. The molecule has 166 valence electrons. The molecule has 1 unspecified atom stereocenters. The van der Waals surface area contributed by atoms with Crippen molar-refractivity contribution in [2.45, 2.75) is 37.5 Å². The van der Waals surface area contributed by atoms with Gasteiger partial charge in [0, 0.05) is 47.7 Å². The number of ketones is 1. The van der Waals surface area contributed by atoms with Crippen LogP contribution in [0.1, 0.15) is 47.2 Å². The molecule has 0 saturated heterocycles. The van der Waals surface area contributed by atoms with Gasteiger partial charge in [0.05, 0.1) is 0 Å². The molecule has 0 spiro atoms. The molecule has 32 heavy (non-hydrogen) atoms. The lowest BCUT2D eigenvalue weighted by atomic mass is 9.86. The topological polar surface area (TPSA) is 83.3 Å². The van der Waals surface area contributed by atoms with Crippen LogP contribution in [0.4, 0.5) is 13.2 Å². The van der Waals surface area contributed by atoms with Crippen LogP contribution in [0.3, 0.4) is 0 Å². The standard InChI is InChI=1S/C24H21F3N2O3/c25-24(26,27)23(32)19-7-4-3-6-17(19)22-18(16-12-28-14-29-13-16)10-15(11-20(22)23)21(31)8-2-1-5-9-30/h3-4,6-7,10-14,30,32H,1-2,5,8-9H2. The molecule has 5 nitrogen and oxygen atoms in total. The Labute approximate surface area is 182 Å². The Balaban J connectivity index is 1.94. The molecule has 4 rings (SSSR count). The molecule has 8 heteroatoms. The number of halogens is 3. The second-order valence-corrected chi connectivity index (χ2v) is 7.78. The van der Waals surface area contributed by atoms with Crippen molar-refractivity contribution < 1.29 is 28.2 Å². The van der Waals surface area contributed by atoms with Crippen molar-refractivity contribution in [1.29, 1.82) is 0 Å². The van der Waals surface area contributed by atoms with E-state index < -0.39 is 11.8 Å². The summed E-state index contributed by atoms with van der Waals surface area (Å²) in [7, 11) is 0. The molecule has 2 aromatic carbocycles. The van der Waals surface area contributed by atoms with E-state index in [4.69, 9.17) is 5.11 Å². The van der Waals surface area contributed by atoms with Gasteiger partial charge in [0.2, 0.25) is 5.60 Å². The molecule has 1 heterocycles. The third-order valence-corrected chi connectivity index (χ3v) is 5.78. The molecule has 0 amide bonds. The van der Waals surface area contributed by atoms with Crippen LogP contribution in [-0.4, -0.2) is 38.7 Å². The van der Waals surface area contributed by atoms with Gasteiger partial charge in [-0.1, -0.05) is 30.7 Å². The molecule has 1 aromatic heterocycles. The molecular weight excluding hydrogens is 421 g/mol. The van der Waals surface area contributed by atoms with Crippen LogP contribution in [0.2, 0.25) is 0 Å². The zero-order valence-electron chi connectivity index (χ0n) is 17.1. The van der Waals surface area contributed by atoms with Crippen LogP contribution in [-0.2, 0) is 5.60 Å². The predicted octanol–water partition coefficient (Wildman–Crippen LogP) is 4.66. The molecule has 3 aromatic rings.